The normalized spacial score (nSPS) is 12.1. The number of nitrogens with zero attached hydrogens (tertiary/aromatic N) is 4. The van der Waals surface area contributed by atoms with Gasteiger partial charge in [-0.3, -0.25) is 0 Å². The Morgan fingerprint density at radius 2 is 0.966 bits per heavy atom. The van der Waals surface area contributed by atoms with Crippen molar-refractivity contribution in [1.29, 1.82) is 0 Å². The lowest BCUT2D eigenvalue weighted by Crippen LogP contribution is -2.00. The molecule has 0 bridgehead atoms. The molecule has 0 saturated heterocycles. The molecule has 0 fully saturated rings. The Morgan fingerprint density at radius 3 is 1.74 bits per heavy atom. The van der Waals surface area contributed by atoms with Crippen molar-refractivity contribution in [3.05, 3.63) is 170 Å². The molecule has 0 N–H and O–H groups in total. The summed E-state index contributed by atoms with van der Waals surface area (Å²) in [5.74, 6) is 1.82. The van der Waals surface area contributed by atoms with Crippen LogP contribution in [0.4, 0.5) is 0 Å². The first-order valence-corrected chi connectivity index (χ1v) is 20.1. The van der Waals surface area contributed by atoms with E-state index in [-0.39, 0.29) is 0 Å². The number of para-hydroxylation sites is 1. The maximum absolute atomic E-state index is 6.56. The van der Waals surface area contributed by atoms with Gasteiger partial charge in [0, 0.05) is 76.2 Å². The molecule has 7 heteroatoms. The van der Waals surface area contributed by atoms with Crippen LogP contribution in [0.1, 0.15) is 0 Å². The minimum atomic E-state index is 0.584. The molecule has 5 aromatic heterocycles. The number of rotatable bonds is 4. The third kappa shape index (κ3) is 4.62. The van der Waals surface area contributed by atoms with E-state index in [1.807, 2.05) is 84.1 Å². The molecule has 0 aliphatic carbocycles. The van der Waals surface area contributed by atoms with Crippen LogP contribution in [0.25, 0.3) is 126 Å². The van der Waals surface area contributed by atoms with Gasteiger partial charge >= 0.3 is 0 Å². The Bertz CT molecular complexity index is 3740. The molecule has 13 rings (SSSR count). The maximum atomic E-state index is 6.56. The number of hydrogen-bond acceptors (Lipinski definition) is 6. The van der Waals surface area contributed by atoms with Gasteiger partial charge in [0.1, 0.15) is 22.3 Å². The van der Waals surface area contributed by atoms with E-state index in [9.17, 15) is 0 Å². The van der Waals surface area contributed by atoms with Gasteiger partial charge in [-0.15, -0.1) is 11.3 Å². The minimum Gasteiger partial charge on any atom is -0.456 e. The van der Waals surface area contributed by atoms with E-state index < -0.39 is 0 Å². The zero-order valence-electron chi connectivity index (χ0n) is 30.7. The van der Waals surface area contributed by atoms with Crippen LogP contribution in [0.3, 0.4) is 0 Å². The number of thiophene rings is 1. The number of fused-ring (bicyclic) bond motifs is 13. The first-order chi connectivity index (χ1) is 28.7. The van der Waals surface area contributed by atoms with Crippen molar-refractivity contribution in [1.82, 2.24) is 19.5 Å². The predicted molar refractivity (Wildman–Crippen MR) is 238 cm³/mol. The summed E-state index contributed by atoms with van der Waals surface area (Å²) in [4.78, 5) is 14.8. The first kappa shape index (κ1) is 31.6. The fourth-order valence-electron chi connectivity index (χ4n) is 8.75. The summed E-state index contributed by atoms with van der Waals surface area (Å²) < 4.78 is 18.1. The summed E-state index contributed by atoms with van der Waals surface area (Å²) in [5.41, 5.74) is 9.35. The summed E-state index contributed by atoms with van der Waals surface area (Å²) in [5, 5.41) is 9.21. The molecular weight excluding hydrogens is 733 g/mol. The number of aromatic nitrogens is 4. The highest BCUT2D eigenvalue weighted by molar-refractivity contribution is 7.26. The van der Waals surface area contributed by atoms with E-state index in [2.05, 4.69) is 102 Å². The van der Waals surface area contributed by atoms with Crippen molar-refractivity contribution in [2.75, 3.05) is 0 Å². The Labute approximate surface area is 333 Å². The molecular formula is C51H28N4O2S. The smallest absolute Gasteiger partial charge is 0.164 e. The number of benzene rings is 8. The van der Waals surface area contributed by atoms with Crippen LogP contribution >= 0.6 is 11.3 Å². The second-order valence-corrected chi connectivity index (χ2v) is 15.8. The zero-order valence-corrected chi connectivity index (χ0v) is 31.5. The third-order valence-corrected chi connectivity index (χ3v) is 12.6. The van der Waals surface area contributed by atoms with Crippen molar-refractivity contribution in [2.24, 2.45) is 0 Å². The van der Waals surface area contributed by atoms with Crippen LogP contribution in [-0.2, 0) is 0 Å². The van der Waals surface area contributed by atoms with Gasteiger partial charge in [-0.05, 0) is 48.5 Å². The van der Waals surface area contributed by atoms with Gasteiger partial charge in [-0.1, -0.05) is 115 Å². The summed E-state index contributed by atoms with van der Waals surface area (Å²) in [6, 6.07) is 59.1. The van der Waals surface area contributed by atoms with Gasteiger partial charge in [0.05, 0.1) is 15.7 Å². The second kappa shape index (κ2) is 11.9. The van der Waals surface area contributed by atoms with Gasteiger partial charge < -0.3 is 13.4 Å². The largest absolute Gasteiger partial charge is 0.456 e. The molecule has 0 amide bonds. The number of furan rings is 2. The average Bonchev–Trinajstić information content (AvgIpc) is 4.04. The topological polar surface area (TPSA) is 69.9 Å². The molecule has 0 aliphatic heterocycles. The standard InChI is InChI=1S/C51H28N4O2S/c1-3-11-29(12-4-1)49-52-50(30-13-5-2-6-14-30)54-51(53-49)31-19-21-34-39-27-40-38-26-32(20-24-42(38)56-45(40)28-44(39)57-43(34)25-31)55-41-17-9-7-15-33(41)36-22-23-37-35-16-8-10-18-46(35)58-48(37)47(36)55/h1-28H. The fourth-order valence-corrected chi connectivity index (χ4v) is 9.99. The Morgan fingerprint density at radius 1 is 0.379 bits per heavy atom. The maximum Gasteiger partial charge on any atom is 0.164 e. The van der Waals surface area contributed by atoms with Crippen LogP contribution in [0.15, 0.2) is 179 Å². The minimum absolute atomic E-state index is 0.584. The summed E-state index contributed by atoms with van der Waals surface area (Å²) >= 11 is 1.86. The molecule has 8 aromatic carbocycles. The van der Waals surface area contributed by atoms with E-state index >= 15 is 0 Å². The van der Waals surface area contributed by atoms with Gasteiger partial charge in [0.2, 0.25) is 0 Å². The molecule has 0 radical (unpaired) electrons. The molecule has 58 heavy (non-hydrogen) atoms. The van der Waals surface area contributed by atoms with E-state index in [0.29, 0.717) is 17.5 Å². The molecule has 0 aliphatic rings. The van der Waals surface area contributed by atoms with E-state index in [4.69, 9.17) is 23.8 Å². The second-order valence-electron chi connectivity index (χ2n) is 14.8. The summed E-state index contributed by atoms with van der Waals surface area (Å²) in [6.07, 6.45) is 0. The molecule has 5 heterocycles. The fraction of sp³-hybridized carbons (Fsp3) is 0. The Hall–Kier alpha value is -7.61. The Kier molecular flexibility index (Phi) is 6.50. The Balaban J connectivity index is 0.979. The first-order valence-electron chi connectivity index (χ1n) is 19.3. The van der Waals surface area contributed by atoms with Gasteiger partial charge in [-0.2, -0.15) is 0 Å². The lowest BCUT2D eigenvalue weighted by molar-refractivity contribution is 0.656. The van der Waals surface area contributed by atoms with E-state index in [1.54, 1.807) is 0 Å². The lowest BCUT2D eigenvalue weighted by Gasteiger charge is -2.09. The highest BCUT2D eigenvalue weighted by Crippen LogP contribution is 2.44. The van der Waals surface area contributed by atoms with E-state index in [0.717, 1.165) is 66.3 Å². The molecule has 0 unspecified atom stereocenters. The summed E-state index contributed by atoms with van der Waals surface area (Å²) in [7, 11) is 0. The molecule has 6 nitrogen and oxygen atoms in total. The van der Waals surface area contributed by atoms with Gasteiger partial charge in [-0.25, -0.2) is 15.0 Å². The predicted octanol–water partition coefficient (Wildman–Crippen LogP) is 14.1. The monoisotopic (exact) mass is 760 g/mol. The quantitative estimate of drug-likeness (QED) is 0.179. The number of hydrogen-bond donors (Lipinski definition) is 0. The lowest BCUT2D eigenvalue weighted by atomic mass is 10.1. The van der Waals surface area contributed by atoms with Crippen LogP contribution < -0.4 is 0 Å². The summed E-state index contributed by atoms with van der Waals surface area (Å²) in [6.45, 7) is 0. The molecule has 13 aromatic rings. The van der Waals surface area contributed by atoms with Crippen LogP contribution in [0, 0.1) is 0 Å². The SMILES string of the molecule is c1ccc(-c2nc(-c3ccccc3)nc(-c3ccc4c(c3)oc3cc5oc6ccc(-n7c8ccccc8c8ccc9c%10ccccc%10sc9c87)cc6c5cc34)n2)cc1. The zero-order chi connectivity index (χ0) is 37.9. The van der Waals surface area contributed by atoms with Crippen LogP contribution in [0.2, 0.25) is 0 Å². The van der Waals surface area contributed by atoms with Crippen LogP contribution in [-0.4, -0.2) is 19.5 Å². The van der Waals surface area contributed by atoms with E-state index in [1.165, 1.54) is 42.0 Å². The van der Waals surface area contributed by atoms with Crippen LogP contribution in [0.5, 0.6) is 0 Å². The third-order valence-electron chi connectivity index (χ3n) is 11.4. The van der Waals surface area contributed by atoms with Gasteiger partial charge in [0.15, 0.2) is 17.5 Å². The van der Waals surface area contributed by atoms with Crippen molar-refractivity contribution in [3.63, 3.8) is 0 Å². The highest BCUT2D eigenvalue weighted by Gasteiger charge is 2.20. The van der Waals surface area contributed by atoms with Crippen molar-refractivity contribution < 1.29 is 8.83 Å². The van der Waals surface area contributed by atoms with Crippen molar-refractivity contribution in [3.8, 4) is 39.9 Å². The average molecular weight is 761 g/mol. The molecule has 0 saturated carbocycles. The van der Waals surface area contributed by atoms with Gasteiger partial charge in [0.25, 0.3) is 0 Å². The van der Waals surface area contributed by atoms with Crippen molar-refractivity contribution >= 4 is 97.2 Å². The highest BCUT2D eigenvalue weighted by atomic mass is 32.1. The van der Waals surface area contributed by atoms with Crippen molar-refractivity contribution in [2.45, 2.75) is 0 Å². The molecule has 0 atom stereocenters. The molecule has 0 spiro atoms. The molecule has 270 valence electrons.